The van der Waals surface area contributed by atoms with E-state index in [2.05, 4.69) is 20.2 Å². The Balaban J connectivity index is 2.09. The minimum absolute atomic E-state index is 0.0329. The van der Waals surface area contributed by atoms with Gasteiger partial charge in [0.15, 0.2) is 22.8 Å². The number of carbonyl (C=O) groups excluding carboxylic acids is 2. The first kappa shape index (κ1) is 27.6. The maximum absolute atomic E-state index is 12.5. The molecule has 12 nitrogen and oxygen atoms in total. The van der Waals surface area contributed by atoms with Crippen LogP contribution in [0.5, 0.6) is 0 Å². The lowest BCUT2D eigenvalue weighted by Crippen LogP contribution is -2.48. The van der Waals surface area contributed by atoms with Gasteiger partial charge in [-0.05, 0) is 0 Å². The second kappa shape index (κ2) is 12.7. The highest BCUT2D eigenvalue weighted by Gasteiger charge is 2.19. The number of carbonyl (C=O) groups is 2. The first-order valence-electron chi connectivity index (χ1n) is 10.1. The van der Waals surface area contributed by atoms with Crippen molar-refractivity contribution >= 4 is 44.6 Å². The van der Waals surface area contributed by atoms with Gasteiger partial charge in [-0.2, -0.15) is 0 Å². The van der Waals surface area contributed by atoms with Crippen LogP contribution in [-0.2, 0) is 30.7 Å². The van der Waals surface area contributed by atoms with Gasteiger partial charge in [-0.15, -0.1) is 4.40 Å². The average molecular weight is 523 g/mol. The van der Waals surface area contributed by atoms with Gasteiger partial charge in [0.1, 0.15) is 12.3 Å². The third-order valence-corrected chi connectivity index (χ3v) is 5.04. The molecule has 0 saturated heterocycles. The van der Waals surface area contributed by atoms with Gasteiger partial charge in [-0.25, -0.2) is 12.6 Å². The molecule has 188 valence electrons. The molecule has 0 heterocycles. The van der Waals surface area contributed by atoms with E-state index in [9.17, 15) is 22.2 Å². The van der Waals surface area contributed by atoms with Crippen LogP contribution in [-0.4, -0.2) is 76.9 Å². The maximum Gasteiger partial charge on any atom is 0.252 e. The Morgan fingerprint density at radius 2 is 1.31 bits per heavy atom. The number of aliphatic imine (C=N–C) groups is 1. The van der Waals surface area contributed by atoms with E-state index in [0.717, 1.165) is 11.3 Å². The predicted octanol–water partition coefficient (Wildman–Crippen LogP) is 0.335. The van der Waals surface area contributed by atoms with Crippen LogP contribution in [0.4, 0.5) is 0 Å². The molecule has 1 atom stereocenters. The Morgan fingerprint density at radius 3 is 1.74 bits per heavy atom. The molecule has 0 spiro atoms. The smallest absolute Gasteiger partial charge is 0.252 e. The van der Waals surface area contributed by atoms with Crippen molar-refractivity contribution in [3.63, 3.8) is 0 Å². The Kier molecular flexibility index (Phi) is 10.1. The van der Waals surface area contributed by atoms with E-state index in [-0.39, 0.29) is 11.7 Å². The van der Waals surface area contributed by atoms with Crippen LogP contribution < -0.4 is 10.9 Å². The van der Waals surface area contributed by atoms with E-state index in [1.807, 2.05) is 0 Å². The van der Waals surface area contributed by atoms with Crippen LogP contribution in [0.3, 0.4) is 0 Å². The molecule has 2 amide bonds. The standard InChI is InChI=1S/C21H26N6O6S2/c1-26(20(22-15-34(30)31)16-10-6-4-7-11-16)23-18(28)14-19(29)24-27(2)21(25-35(3,32)33)17-12-8-5-9-13-17/h4-13H,14-15H2,1-3H3,(H,23,28)(H,24,29)(H,30,31). The van der Waals surface area contributed by atoms with E-state index >= 15 is 0 Å². The van der Waals surface area contributed by atoms with Gasteiger partial charge in [0.25, 0.3) is 10.0 Å². The summed E-state index contributed by atoms with van der Waals surface area (Å²) in [4.78, 5) is 29.0. The Hall–Kier alpha value is -3.62. The fourth-order valence-electron chi connectivity index (χ4n) is 2.85. The number of hydrazine groups is 2. The van der Waals surface area contributed by atoms with Crippen molar-refractivity contribution < 1.29 is 26.8 Å². The lowest BCUT2D eigenvalue weighted by atomic mass is 10.2. The summed E-state index contributed by atoms with van der Waals surface area (Å²) in [5, 5.41) is 2.35. The molecule has 2 aromatic rings. The lowest BCUT2D eigenvalue weighted by Gasteiger charge is -2.24. The molecule has 0 radical (unpaired) electrons. The highest BCUT2D eigenvalue weighted by atomic mass is 32.2. The molecule has 35 heavy (non-hydrogen) atoms. The van der Waals surface area contributed by atoms with Crippen LogP contribution in [0.15, 0.2) is 70.1 Å². The van der Waals surface area contributed by atoms with Crippen LogP contribution in [0.2, 0.25) is 0 Å². The van der Waals surface area contributed by atoms with Gasteiger partial charge in [0, 0.05) is 25.2 Å². The summed E-state index contributed by atoms with van der Waals surface area (Å²) in [5.74, 6) is -1.66. The summed E-state index contributed by atoms with van der Waals surface area (Å²) in [6, 6.07) is 17.0. The number of amides is 2. The number of amidine groups is 2. The molecular weight excluding hydrogens is 496 g/mol. The summed E-state index contributed by atoms with van der Waals surface area (Å²) in [6.07, 6.45) is 0.316. The minimum atomic E-state index is -3.78. The third kappa shape index (κ3) is 9.64. The Bertz CT molecular complexity index is 1220. The fourth-order valence-corrected chi connectivity index (χ4v) is 3.63. The molecular formula is C21H26N6O6S2. The number of nitrogens with one attached hydrogen (secondary N) is 2. The van der Waals surface area contributed by atoms with Gasteiger partial charge < -0.3 is 4.55 Å². The molecule has 1 unspecified atom stereocenters. The first-order valence-corrected chi connectivity index (χ1v) is 13.2. The van der Waals surface area contributed by atoms with E-state index in [4.69, 9.17) is 4.55 Å². The van der Waals surface area contributed by atoms with Crippen LogP contribution in [0.25, 0.3) is 0 Å². The number of rotatable bonds is 7. The predicted molar refractivity (Wildman–Crippen MR) is 133 cm³/mol. The second-order valence-electron chi connectivity index (χ2n) is 7.18. The zero-order valence-corrected chi connectivity index (χ0v) is 20.9. The SMILES string of the molecule is CN(NC(=O)CC(=O)NN(C)C(=NS(C)(=O)=O)c1ccccc1)C(=NCS(=O)O)c1ccccc1. The van der Waals surface area contributed by atoms with Gasteiger partial charge in [-0.3, -0.25) is 35.5 Å². The van der Waals surface area contributed by atoms with Crippen molar-refractivity contribution in [2.75, 3.05) is 26.2 Å². The molecule has 0 aliphatic carbocycles. The quantitative estimate of drug-likeness (QED) is 0.154. The van der Waals surface area contributed by atoms with Crippen molar-refractivity contribution in [3.8, 4) is 0 Å². The van der Waals surface area contributed by atoms with Crippen molar-refractivity contribution in [1.82, 2.24) is 20.9 Å². The normalized spacial score (nSPS) is 13.0. The lowest BCUT2D eigenvalue weighted by molar-refractivity contribution is -0.132. The Labute approximate surface area is 206 Å². The summed E-state index contributed by atoms with van der Waals surface area (Å²) in [6.45, 7) is 0. The van der Waals surface area contributed by atoms with E-state index < -0.39 is 45.2 Å². The number of benzene rings is 2. The van der Waals surface area contributed by atoms with Crippen LogP contribution in [0.1, 0.15) is 17.5 Å². The Morgan fingerprint density at radius 1 is 0.886 bits per heavy atom. The van der Waals surface area contributed by atoms with E-state index in [1.165, 1.54) is 19.1 Å². The number of nitrogens with zero attached hydrogens (tertiary/aromatic N) is 4. The van der Waals surface area contributed by atoms with Crippen molar-refractivity contribution in [2.24, 2.45) is 9.39 Å². The maximum atomic E-state index is 12.5. The number of hydrogen-bond donors (Lipinski definition) is 3. The molecule has 0 aliphatic rings. The zero-order valence-electron chi connectivity index (χ0n) is 19.3. The van der Waals surface area contributed by atoms with Crippen LogP contribution >= 0.6 is 0 Å². The summed E-state index contributed by atoms with van der Waals surface area (Å²) >= 11 is -2.18. The molecule has 2 aromatic carbocycles. The van der Waals surface area contributed by atoms with E-state index in [0.29, 0.717) is 11.1 Å². The van der Waals surface area contributed by atoms with Gasteiger partial charge in [0.2, 0.25) is 11.8 Å². The van der Waals surface area contributed by atoms with E-state index in [1.54, 1.807) is 60.7 Å². The van der Waals surface area contributed by atoms with Crippen LogP contribution in [0, 0.1) is 0 Å². The summed E-state index contributed by atoms with van der Waals surface area (Å²) < 4.78 is 47.3. The molecule has 2 rings (SSSR count). The highest BCUT2D eigenvalue weighted by Crippen LogP contribution is 2.07. The largest absolute Gasteiger partial charge is 0.305 e. The van der Waals surface area contributed by atoms with Gasteiger partial charge in [0.05, 0.1) is 6.26 Å². The zero-order chi connectivity index (χ0) is 26.0. The first-order chi connectivity index (χ1) is 16.5. The minimum Gasteiger partial charge on any atom is -0.305 e. The number of sulfonamides is 1. The van der Waals surface area contributed by atoms with Crippen molar-refractivity contribution in [3.05, 3.63) is 71.8 Å². The fraction of sp³-hybridized carbons (Fsp3) is 0.238. The topological polar surface area (TPSA) is 161 Å². The molecule has 0 aromatic heterocycles. The second-order valence-corrected chi connectivity index (χ2v) is 9.73. The summed E-state index contributed by atoms with van der Waals surface area (Å²) in [7, 11) is -0.913. The molecule has 0 fully saturated rings. The van der Waals surface area contributed by atoms with Crippen molar-refractivity contribution in [1.29, 1.82) is 0 Å². The molecule has 0 saturated carbocycles. The summed E-state index contributed by atoms with van der Waals surface area (Å²) in [5.41, 5.74) is 5.92. The average Bonchev–Trinajstić information content (AvgIpc) is 2.77. The van der Waals surface area contributed by atoms with Gasteiger partial charge >= 0.3 is 0 Å². The molecule has 0 aliphatic heterocycles. The monoisotopic (exact) mass is 522 g/mol. The molecule has 14 heteroatoms. The molecule has 3 N–H and O–H groups in total. The number of hydrogen-bond acceptors (Lipinski definition) is 6. The molecule has 0 bridgehead atoms. The van der Waals surface area contributed by atoms with Gasteiger partial charge in [-0.1, -0.05) is 60.7 Å². The third-order valence-electron chi connectivity index (χ3n) is 4.18. The highest BCUT2D eigenvalue weighted by molar-refractivity contribution is 7.89. The van der Waals surface area contributed by atoms with Crippen molar-refractivity contribution in [2.45, 2.75) is 6.42 Å².